The van der Waals surface area contributed by atoms with Gasteiger partial charge in [-0.1, -0.05) is 11.6 Å². The van der Waals surface area contributed by atoms with Crippen molar-refractivity contribution in [3.05, 3.63) is 22.8 Å². The molecule has 6 unspecified atom stereocenters. The van der Waals surface area contributed by atoms with Gasteiger partial charge in [-0.25, -0.2) is 6.57 Å². The van der Waals surface area contributed by atoms with E-state index in [0.29, 0.717) is 0 Å². The smallest absolute Gasteiger partial charge is 0.356 e. The predicted molar refractivity (Wildman–Crippen MR) is 95.2 cm³/mol. The van der Waals surface area contributed by atoms with Crippen LogP contribution < -0.4 is 34.4 Å². The number of amidine groups is 3. The minimum absolute atomic E-state index is 0.674. The van der Waals surface area contributed by atoms with Crippen LogP contribution in [0.4, 0.5) is 0 Å². The van der Waals surface area contributed by atoms with Crippen LogP contribution in [0.2, 0.25) is 0 Å². The summed E-state index contributed by atoms with van der Waals surface area (Å²) >= 11 is 0. The maximum Gasteiger partial charge on any atom is 0.373 e. The SMILES string of the molecule is [C-]#[N+]C1=NC2=NC(=N)C(N)(C(N)C#N)C(N)(C#N)C2(N)C(N)(C#N)C1(N)[N+]#[C-]. The van der Waals surface area contributed by atoms with Gasteiger partial charge >= 0.3 is 11.5 Å². The van der Waals surface area contributed by atoms with Crippen molar-refractivity contribution in [3.63, 3.8) is 0 Å². The first-order valence-electron chi connectivity index (χ1n) is 7.31. The molecule has 0 aliphatic carbocycles. The lowest BCUT2D eigenvalue weighted by atomic mass is 9.51. The van der Waals surface area contributed by atoms with Crippen molar-refractivity contribution in [3.8, 4) is 18.2 Å². The fraction of sp³-hybridized carbons (Fsp3) is 0.429. The number of hydrogen-bond acceptors (Lipinski definition) is 11. The summed E-state index contributed by atoms with van der Waals surface area (Å²) in [5.74, 6) is -2.26. The minimum Gasteiger partial charge on any atom is -0.356 e. The molecule has 0 spiro atoms. The molecule has 0 radical (unpaired) electrons. The van der Waals surface area contributed by atoms with E-state index in [-0.39, 0.29) is 0 Å². The highest BCUT2D eigenvalue weighted by molar-refractivity contribution is 6.21. The first-order chi connectivity index (χ1) is 12.9. The summed E-state index contributed by atoms with van der Waals surface area (Å²) in [6, 6.07) is 2.91. The van der Waals surface area contributed by atoms with Crippen LogP contribution in [0.25, 0.3) is 9.69 Å². The zero-order valence-electron chi connectivity index (χ0n) is 14.2. The fourth-order valence-corrected chi connectivity index (χ4v) is 3.34. The summed E-state index contributed by atoms with van der Waals surface area (Å²) in [6.45, 7) is 14.6. The van der Waals surface area contributed by atoms with Crippen LogP contribution in [0.1, 0.15) is 0 Å². The maximum absolute atomic E-state index is 9.90. The predicted octanol–water partition coefficient (Wildman–Crippen LogP) is -4.03. The van der Waals surface area contributed by atoms with Crippen LogP contribution in [0, 0.1) is 52.5 Å². The summed E-state index contributed by atoms with van der Waals surface area (Å²) in [5.41, 5.74) is 23.1. The topological polar surface area (TPSA) is 285 Å². The van der Waals surface area contributed by atoms with Gasteiger partial charge in [0.25, 0.3) is 0 Å². The first kappa shape index (κ1) is 20.5. The highest BCUT2D eigenvalue weighted by Gasteiger charge is 2.84. The average Bonchev–Trinajstić information content (AvgIpc) is 2.70. The third kappa shape index (κ3) is 1.68. The van der Waals surface area contributed by atoms with Gasteiger partial charge < -0.3 is 33.5 Å². The molecule has 0 aromatic heterocycles. The molecule has 140 valence electrons. The molecular formula is C14H14N14. The number of nitrogens with zero attached hydrogens (tertiary/aromatic N) is 7. The summed E-state index contributed by atoms with van der Waals surface area (Å²) in [7, 11) is 0. The quantitative estimate of drug-likeness (QED) is 0.218. The van der Waals surface area contributed by atoms with Gasteiger partial charge in [-0.05, 0) is 0 Å². The van der Waals surface area contributed by atoms with E-state index in [1.54, 1.807) is 18.2 Å². The average molecular weight is 378 g/mol. The van der Waals surface area contributed by atoms with E-state index in [9.17, 15) is 15.8 Å². The molecule has 13 N–H and O–H groups in total. The molecule has 2 aliphatic heterocycles. The molecule has 0 fully saturated rings. The Morgan fingerprint density at radius 2 is 1.54 bits per heavy atom. The number of hydrogen-bond donors (Lipinski definition) is 7. The molecule has 2 rings (SSSR count). The summed E-state index contributed by atoms with van der Waals surface area (Å²) in [4.78, 5) is 13.6. The van der Waals surface area contributed by atoms with E-state index in [0.717, 1.165) is 0 Å². The normalized spacial score (nSPS) is 42.8. The molecule has 14 heteroatoms. The van der Waals surface area contributed by atoms with Gasteiger partial charge in [-0.2, -0.15) is 20.8 Å². The van der Waals surface area contributed by atoms with Crippen molar-refractivity contribution in [1.82, 2.24) is 0 Å². The van der Waals surface area contributed by atoms with Crippen LogP contribution >= 0.6 is 0 Å². The molecular weight excluding hydrogens is 364 g/mol. The minimum atomic E-state index is -2.77. The number of rotatable bonds is 1. The Balaban J connectivity index is 3.18. The van der Waals surface area contributed by atoms with Gasteiger partial charge in [-0.3, -0.25) is 16.0 Å². The van der Waals surface area contributed by atoms with E-state index in [1.165, 1.54) is 0 Å². The van der Waals surface area contributed by atoms with E-state index in [2.05, 4.69) is 19.7 Å². The number of nitrogens with one attached hydrogen (secondary N) is 1. The summed E-state index contributed by atoms with van der Waals surface area (Å²) < 4.78 is 0. The molecule has 0 bridgehead atoms. The Morgan fingerprint density at radius 1 is 1.00 bits per heavy atom. The molecule has 0 aromatic rings. The summed E-state index contributed by atoms with van der Waals surface area (Å²) in [6.07, 6.45) is 0. The maximum atomic E-state index is 9.90. The Labute approximate surface area is 158 Å². The van der Waals surface area contributed by atoms with E-state index in [4.69, 9.17) is 53.0 Å². The monoisotopic (exact) mass is 378 g/mol. The molecule has 6 atom stereocenters. The lowest BCUT2D eigenvalue weighted by Gasteiger charge is -2.57. The second-order valence-electron chi connectivity index (χ2n) is 6.33. The first-order valence-corrected chi connectivity index (χ1v) is 7.31. The lowest BCUT2D eigenvalue weighted by molar-refractivity contribution is 0.158. The summed E-state index contributed by atoms with van der Waals surface area (Å²) in [5, 5.41) is 37.1. The van der Waals surface area contributed by atoms with Crippen LogP contribution in [0.15, 0.2) is 9.98 Å². The van der Waals surface area contributed by atoms with Crippen molar-refractivity contribution in [2.75, 3.05) is 0 Å². The lowest BCUT2D eigenvalue weighted by Crippen LogP contribution is -2.98. The van der Waals surface area contributed by atoms with Gasteiger partial charge in [0, 0.05) is 0 Å². The number of aliphatic imine (C=N–C) groups is 2. The third-order valence-electron chi connectivity index (χ3n) is 5.28. The molecule has 28 heavy (non-hydrogen) atoms. The van der Waals surface area contributed by atoms with Gasteiger partial charge in [0.15, 0.2) is 16.9 Å². The zero-order valence-corrected chi connectivity index (χ0v) is 14.2. The fourth-order valence-electron chi connectivity index (χ4n) is 3.34. The third-order valence-corrected chi connectivity index (χ3v) is 5.28. The molecule has 0 aromatic carbocycles. The molecule has 2 aliphatic rings. The van der Waals surface area contributed by atoms with Gasteiger partial charge in [0.1, 0.15) is 11.6 Å². The highest BCUT2D eigenvalue weighted by atomic mass is 15.3. The Morgan fingerprint density at radius 3 is 1.93 bits per heavy atom. The van der Waals surface area contributed by atoms with Gasteiger partial charge in [0.2, 0.25) is 11.4 Å². The van der Waals surface area contributed by atoms with Crippen molar-refractivity contribution in [2.45, 2.75) is 33.9 Å². The molecule has 0 saturated heterocycles. The van der Waals surface area contributed by atoms with Crippen LogP contribution in [-0.2, 0) is 0 Å². The number of nitriles is 3. The number of nitrogens with two attached hydrogens (primary N) is 6. The second kappa shape index (κ2) is 5.61. The second-order valence-corrected chi connectivity index (χ2v) is 6.33. The standard InChI is InChI=1S/C14H14N14/c1-25-9-14(24,26-2)11(21,5-17)13(23)8(28-9)27-7(19)12(22,6(18)3-15)10(13,20)4-16/h6,19H,18,20-24H2. The highest BCUT2D eigenvalue weighted by Crippen LogP contribution is 2.47. The van der Waals surface area contributed by atoms with Crippen LogP contribution in [0.3, 0.4) is 0 Å². The molecule has 0 amide bonds. The van der Waals surface area contributed by atoms with Crippen LogP contribution in [0.5, 0.6) is 0 Å². The Bertz CT molecular complexity index is 1050. The number of fused-ring (bicyclic) bond motifs is 1. The van der Waals surface area contributed by atoms with Crippen molar-refractivity contribution in [2.24, 2.45) is 44.4 Å². The molecule has 0 saturated carbocycles. The molecule has 14 nitrogen and oxygen atoms in total. The van der Waals surface area contributed by atoms with Gasteiger partial charge in [-0.15, -0.1) is 0 Å². The van der Waals surface area contributed by atoms with Gasteiger partial charge in [0.05, 0.1) is 18.2 Å². The Hall–Kier alpha value is -3.78. The zero-order chi connectivity index (χ0) is 21.8. The van der Waals surface area contributed by atoms with E-state index >= 15 is 0 Å². The van der Waals surface area contributed by atoms with E-state index < -0.39 is 51.4 Å². The van der Waals surface area contributed by atoms with Crippen molar-refractivity contribution in [1.29, 1.82) is 21.2 Å². The van der Waals surface area contributed by atoms with Crippen molar-refractivity contribution >= 4 is 17.5 Å². The van der Waals surface area contributed by atoms with E-state index in [1.807, 2.05) is 0 Å². The Kier molecular flexibility index (Phi) is 4.11. The van der Waals surface area contributed by atoms with Crippen molar-refractivity contribution < 1.29 is 0 Å². The molecule has 2 heterocycles. The van der Waals surface area contributed by atoms with Crippen LogP contribution in [-0.4, -0.2) is 51.4 Å². The largest absolute Gasteiger partial charge is 0.373 e.